The van der Waals surface area contributed by atoms with Crippen molar-refractivity contribution in [2.75, 3.05) is 0 Å². The first kappa shape index (κ1) is 17.6. The molecule has 0 fully saturated rings. The van der Waals surface area contributed by atoms with Crippen molar-refractivity contribution in [2.45, 2.75) is 0 Å². The third kappa shape index (κ3) is 2.70. The number of nitrogens with zero attached hydrogens (tertiary/aromatic N) is 3. The lowest BCUT2D eigenvalue weighted by Gasteiger charge is -2.00. The van der Waals surface area contributed by atoms with Crippen LogP contribution in [-0.2, 0) is 0 Å². The number of fused-ring (bicyclic) bond motifs is 2. The minimum atomic E-state index is -0.579. The highest BCUT2D eigenvalue weighted by molar-refractivity contribution is 5.97. The molecule has 0 spiro atoms. The standard InChI is InChI=1S/C22H12N4O4/c27-19-15-10-17-18(11-16(15)20(28)23-19)22(30)26(21(17)29)14-8-6-13(7-9-14)25-24-12-4-2-1-3-5-12/h1-11H,(H,23,27,28). The summed E-state index contributed by atoms with van der Waals surface area (Å²) >= 11 is 0. The number of hydrogen-bond acceptors (Lipinski definition) is 6. The molecule has 30 heavy (non-hydrogen) atoms. The minimum absolute atomic E-state index is 0.0939. The van der Waals surface area contributed by atoms with Crippen LogP contribution in [0.15, 0.2) is 96.1 Å². The van der Waals surface area contributed by atoms with Crippen LogP contribution >= 0.6 is 0 Å². The highest BCUT2D eigenvalue weighted by Crippen LogP contribution is 2.20. The molecule has 5 rings (SSSR count). The van der Waals surface area contributed by atoms with Gasteiger partial charge in [0.05, 0.1) is 38.6 Å². The molecule has 0 aliphatic heterocycles. The molecule has 0 radical (unpaired) electrons. The van der Waals surface area contributed by atoms with Gasteiger partial charge in [0, 0.05) is 0 Å². The van der Waals surface area contributed by atoms with Crippen molar-refractivity contribution in [2.24, 2.45) is 10.2 Å². The summed E-state index contributed by atoms with van der Waals surface area (Å²) in [5.74, 6) is 0. The maximum atomic E-state index is 12.8. The van der Waals surface area contributed by atoms with Gasteiger partial charge in [-0.1, -0.05) is 18.2 Å². The molecule has 0 aliphatic carbocycles. The van der Waals surface area contributed by atoms with Gasteiger partial charge in [-0.25, -0.2) is 4.57 Å². The molecule has 2 heterocycles. The van der Waals surface area contributed by atoms with Crippen LogP contribution in [0.4, 0.5) is 11.4 Å². The summed E-state index contributed by atoms with van der Waals surface area (Å²) < 4.78 is 1.01. The Kier molecular flexibility index (Phi) is 3.85. The first-order valence-electron chi connectivity index (χ1n) is 9.02. The van der Waals surface area contributed by atoms with Gasteiger partial charge in [0.25, 0.3) is 22.2 Å². The van der Waals surface area contributed by atoms with E-state index in [0.717, 1.165) is 4.57 Å². The average Bonchev–Trinajstić information content (AvgIpc) is 3.19. The van der Waals surface area contributed by atoms with Crippen molar-refractivity contribution in [3.8, 4) is 5.69 Å². The maximum absolute atomic E-state index is 12.8. The maximum Gasteiger partial charge on any atom is 0.266 e. The van der Waals surface area contributed by atoms with E-state index in [9.17, 15) is 19.2 Å². The zero-order valence-corrected chi connectivity index (χ0v) is 15.3. The third-order valence-electron chi connectivity index (χ3n) is 4.89. The molecule has 0 atom stereocenters. The van der Waals surface area contributed by atoms with Crippen LogP contribution in [0.25, 0.3) is 27.2 Å². The van der Waals surface area contributed by atoms with Crippen LogP contribution in [-0.4, -0.2) is 9.55 Å². The molecule has 1 N–H and O–H groups in total. The van der Waals surface area contributed by atoms with Crippen molar-refractivity contribution in [3.05, 3.63) is 108 Å². The van der Waals surface area contributed by atoms with Gasteiger partial charge in [-0.05, 0) is 48.5 Å². The van der Waals surface area contributed by atoms with Crippen LogP contribution in [0.1, 0.15) is 0 Å². The zero-order chi connectivity index (χ0) is 20.8. The fraction of sp³-hybridized carbons (Fsp3) is 0. The summed E-state index contributed by atoms with van der Waals surface area (Å²) in [5.41, 5.74) is -0.647. The molecule has 0 amide bonds. The number of azo groups is 1. The Morgan fingerprint density at radius 3 is 1.63 bits per heavy atom. The Bertz CT molecular complexity index is 1580. The largest absolute Gasteiger partial charge is 0.288 e. The van der Waals surface area contributed by atoms with E-state index >= 15 is 0 Å². The van der Waals surface area contributed by atoms with E-state index in [-0.39, 0.29) is 21.5 Å². The summed E-state index contributed by atoms with van der Waals surface area (Å²) in [5, 5.41) is 8.64. The summed E-state index contributed by atoms with van der Waals surface area (Å²) in [7, 11) is 0. The van der Waals surface area contributed by atoms with Gasteiger partial charge in [-0.2, -0.15) is 10.2 Å². The molecule has 0 saturated heterocycles. The molecule has 0 unspecified atom stereocenters. The fourth-order valence-corrected chi connectivity index (χ4v) is 3.41. The smallest absolute Gasteiger partial charge is 0.266 e. The highest BCUT2D eigenvalue weighted by Gasteiger charge is 2.17. The van der Waals surface area contributed by atoms with Crippen molar-refractivity contribution >= 4 is 32.9 Å². The van der Waals surface area contributed by atoms with Gasteiger partial charge in [0.1, 0.15) is 0 Å². The molecule has 2 aromatic heterocycles. The van der Waals surface area contributed by atoms with E-state index < -0.39 is 22.2 Å². The molecule has 0 bridgehead atoms. The van der Waals surface area contributed by atoms with E-state index in [1.54, 1.807) is 24.3 Å². The lowest BCUT2D eigenvalue weighted by Crippen LogP contribution is -2.23. The molecule has 3 aromatic carbocycles. The van der Waals surface area contributed by atoms with E-state index in [1.165, 1.54) is 12.1 Å². The topological polar surface area (TPSA) is 114 Å². The molecule has 8 nitrogen and oxygen atoms in total. The van der Waals surface area contributed by atoms with E-state index in [2.05, 4.69) is 15.2 Å². The van der Waals surface area contributed by atoms with Gasteiger partial charge in [-0.3, -0.25) is 24.2 Å². The number of benzene rings is 3. The van der Waals surface area contributed by atoms with E-state index in [4.69, 9.17) is 0 Å². The number of rotatable bonds is 3. The number of H-pyrrole nitrogens is 1. The Morgan fingerprint density at radius 2 is 1.10 bits per heavy atom. The molecule has 0 saturated carbocycles. The average molecular weight is 396 g/mol. The van der Waals surface area contributed by atoms with Crippen molar-refractivity contribution in [1.82, 2.24) is 9.55 Å². The quantitative estimate of drug-likeness (QED) is 0.472. The number of hydrogen-bond donors (Lipinski definition) is 1. The van der Waals surface area contributed by atoms with Crippen LogP contribution in [0.2, 0.25) is 0 Å². The normalized spacial score (nSPS) is 11.7. The van der Waals surface area contributed by atoms with Gasteiger partial charge in [0.15, 0.2) is 0 Å². The Balaban J connectivity index is 1.60. The van der Waals surface area contributed by atoms with Gasteiger partial charge in [-0.15, -0.1) is 0 Å². The predicted molar refractivity (Wildman–Crippen MR) is 113 cm³/mol. The molecule has 0 aliphatic rings. The summed E-state index contributed by atoms with van der Waals surface area (Å²) in [6.07, 6.45) is 0. The van der Waals surface area contributed by atoms with Gasteiger partial charge in [0.2, 0.25) is 0 Å². The predicted octanol–water partition coefficient (Wildman–Crippen LogP) is 2.84. The Morgan fingerprint density at radius 1 is 0.600 bits per heavy atom. The number of aromatic nitrogens is 2. The van der Waals surface area contributed by atoms with Gasteiger partial charge < -0.3 is 0 Å². The van der Waals surface area contributed by atoms with Crippen LogP contribution < -0.4 is 22.2 Å². The van der Waals surface area contributed by atoms with Crippen LogP contribution in [0, 0.1) is 0 Å². The fourth-order valence-electron chi connectivity index (χ4n) is 3.41. The Hall–Kier alpha value is -4.46. The van der Waals surface area contributed by atoms with Crippen molar-refractivity contribution in [3.63, 3.8) is 0 Å². The zero-order valence-electron chi connectivity index (χ0n) is 15.3. The second-order valence-corrected chi connectivity index (χ2v) is 6.72. The molecule has 5 aromatic rings. The lowest BCUT2D eigenvalue weighted by atomic mass is 10.1. The van der Waals surface area contributed by atoms with Crippen LogP contribution in [0.5, 0.6) is 0 Å². The number of aromatic amines is 1. The Labute approximate surface area is 167 Å². The van der Waals surface area contributed by atoms with E-state index in [0.29, 0.717) is 17.1 Å². The molecular formula is C22H12N4O4. The minimum Gasteiger partial charge on any atom is -0.288 e. The van der Waals surface area contributed by atoms with Crippen LogP contribution in [0.3, 0.4) is 0 Å². The van der Waals surface area contributed by atoms with E-state index in [1.807, 2.05) is 30.3 Å². The summed E-state index contributed by atoms with van der Waals surface area (Å²) in [6.45, 7) is 0. The summed E-state index contributed by atoms with van der Waals surface area (Å²) in [4.78, 5) is 51.5. The SMILES string of the molecule is O=c1[nH]c(=O)c2cc3c(=O)n(-c4ccc(N=Nc5ccccc5)cc4)c(=O)c3cc12. The lowest BCUT2D eigenvalue weighted by molar-refractivity contribution is 0.990. The highest BCUT2D eigenvalue weighted by atomic mass is 16.2. The monoisotopic (exact) mass is 396 g/mol. The van der Waals surface area contributed by atoms with Gasteiger partial charge >= 0.3 is 0 Å². The third-order valence-corrected chi connectivity index (χ3v) is 4.89. The second kappa shape index (κ2) is 6.56. The number of nitrogens with one attached hydrogen (secondary N) is 1. The van der Waals surface area contributed by atoms with Crippen molar-refractivity contribution < 1.29 is 0 Å². The first-order valence-corrected chi connectivity index (χ1v) is 9.02. The summed E-state index contributed by atoms with van der Waals surface area (Å²) in [6, 6.07) is 18.3. The first-order chi connectivity index (χ1) is 14.5. The van der Waals surface area contributed by atoms with Crippen molar-refractivity contribution in [1.29, 1.82) is 0 Å². The molecule has 8 heteroatoms. The molecular weight excluding hydrogens is 384 g/mol. The molecule has 144 valence electrons. The second-order valence-electron chi connectivity index (χ2n) is 6.72.